The van der Waals surface area contributed by atoms with Crippen LogP contribution in [0.2, 0.25) is 0 Å². The van der Waals surface area contributed by atoms with Gasteiger partial charge >= 0.3 is 0 Å². The summed E-state index contributed by atoms with van der Waals surface area (Å²) in [6, 6.07) is 5.24. The lowest BCUT2D eigenvalue weighted by Crippen LogP contribution is -2.35. The van der Waals surface area contributed by atoms with Gasteiger partial charge < -0.3 is 0 Å². The molecule has 106 valence electrons. The van der Waals surface area contributed by atoms with Crippen LogP contribution in [0.5, 0.6) is 0 Å². The van der Waals surface area contributed by atoms with Crippen LogP contribution in [0.15, 0.2) is 22.7 Å². The molecule has 0 radical (unpaired) electrons. The van der Waals surface area contributed by atoms with E-state index in [0.29, 0.717) is 5.92 Å². The smallest absolute Gasteiger partial charge is 0.126 e. The Morgan fingerprint density at radius 3 is 2.37 bits per heavy atom. The molecule has 1 aromatic rings. The third kappa shape index (κ3) is 3.62. The zero-order chi connectivity index (χ0) is 13.9. The van der Waals surface area contributed by atoms with Crippen LogP contribution in [0.25, 0.3) is 0 Å². The molecule has 2 rings (SSSR count). The fourth-order valence-electron chi connectivity index (χ4n) is 3.09. The number of alkyl halides is 2. The van der Waals surface area contributed by atoms with Crippen molar-refractivity contribution in [3.05, 3.63) is 34.1 Å². The van der Waals surface area contributed by atoms with Crippen molar-refractivity contribution < 1.29 is 4.39 Å². The lowest BCUT2D eigenvalue weighted by Gasteiger charge is -2.36. The molecule has 0 spiro atoms. The number of hydrogen-bond acceptors (Lipinski definition) is 0. The van der Waals surface area contributed by atoms with Crippen LogP contribution in [0.4, 0.5) is 4.39 Å². The van der Waals surface area contributed by atoms with E-state index in [0.717, 1.165) is 27.1 Å². The van der Waals surface area contributed by atoms with Crippen molar-refractivity contribution in [1.82, 2.24) is 0 Å². The summed E-state index contributed by atoms with van der Waals surface area (Å²) < 4.78 is 15.0. The molecular formula is C15H18Br3F. The number of benzene rings is 1. The van der Waals surface area contributed by atoms with Crippen LogP contribution in [0.3, 0.4) is 0 Å². The van der Waals surface area contributed by atoms with Crippen molar-refractivity contribution in [3.63, 3.8) is 0 Å². The molecule has 0 unspecified atom stereocenters. The van der Waals surface area contributed by atoms with Crippen LogP contribution < -0.4 is 0 Å². The first kappa shape index (κ1) is 16.0. The normalized spacial score (nSPS) is 17.1. The molecule has 0 aliphatic heterocycles. The van der Waals surface area contributed by atoms with Crippen LogP contribution >= 0.6 is 47.8 Å². The van der Waals surface area contributed by atoms with Gasteiger partial charge in [-0.2, -0.15) is 0 Å². The molecule has 1 fully saturated rings. The van der Waals surface area contributed by atoms with Crippen LogP contribution in [-0.4, -0.2) is 10.7 Å². The Hall–Kier alpha value is 0.590. The Labute approximate surface area is 139 Å². The zero-order valence-corrected chi connectivity index (χ0v) is 15.5. The van der Waals surface area contributed by atoms with E-state index in [9.17, 15) is 4.39 Å². The van der Waals surface area contributed by atoms with Gasteiger partial charge in [-0.3, -0.25) is 0 Å². The molecule has 0 aromatic heterocycles. The van der Waals surface area contributed by atoms with E-state index in [4.69, 9.17) is 0 Å². The summed E-state index contributed by atoms with van der Waals surface area (Å²) in [6.45, 7) is 0. The highest BCUT2D eigenvalue weighted by Crippen LogP contribution is 2.45. The fraction of sp³-hybridized carbons (Fsp3) is 0.600. The molecule has 4 heteroatoms. The molecule has 1 saturated carbocycles. The van der Waals surface area contributed by atoms with Gasteiger partial charge in [0, 0.05) is 15.1 Å². The molecule has 0 saturated heterocycles. The largest absolute Gasteiger partial charge is 0.207 e. The highest BCUT2D eigenvalue weighted by atomic mass is 79.9. The molecule has 1 aromatic carbocycles. The predicted octanol–water partition coefficient (Wildman–Crippen LogP) is 6.10. The van der Waals surface area contributed by atoms with Gasteiger partial charge in [-0.15, -0.1) is 0 Å². The highest BCUT2D eigenvalue weighted by Gasteiger charge is 2.39. The first-order chi connectivity index (χ1) is 9.11. The fourth-order valence-corrected chi connectivity index (χ4v) is 5.74. The van der Waals surface area contributed by atoms with Gasteiger partial charge in [0.05, 0.1) is 0 Å². The topological polar surface area (TPSA) is 0 Å². The minimum Gasteiger partial charge on any atom is -0.207 e. The maximum absolute atomic E-state index is 14.0. The number of halogens is 4. The Morgan fingerprint density at radius 1 is 1.16 bits per heavy atom. The van der Waals surface area contributed by atoms with E-state index < -0.39 is 0 Å². The van der Waals surface area contributed by atoms with Gasteiger partial charge in [0.25, 0.3) is 0 Å². The Balaban J connectivity index is 2.27. The monoisotopic (exact) mass is 454 g/mol. The number of hydrogen-bond donors (Lipinski definition) is 0. The molecule has 1 aliphatic rings. The quantitative estimate of drug-likeness (QED) is 0.470. The maximum atomic E-state index is 14.0. The highest BCUT2D eigenvalue weighted by molar-refractivity contribution is 9.10. The molecular weight excluding hydrogens is 439 g/mol. The summed E-state index contributed by atoms with van der Waals surface area (Å²) in [5.74, 6) is 0.595. The van der Waals surface area contributed by atoms with Crippen molar-refractivity contribution in [2.45, 2.75) is 32.1 Å². The van der Waals surface area contributed by atoms with E-state index in [2.05, 4.69) is 47.8 Å². The molecule has 0 bridgehead atoms. The van der Waals surface area contributed by atoms with Gasteiger partial charge in [0.1, 0.15) is 5.82 Å². The third-order valence-electron chi connectivity index (χ3n) is 4.30. The van der Waals surface area contributed by atoms with Gasteiger partial charge in [0.15, 0.2) is 0 Å². The van der Waals surface area contributed by atoms with Gasteiger partial charge in [-0.25, -0.2) is 4.39 Å². The molecule has 0 N–H and O–H groups in total. The molecule has 0 amide bonds. The lowest BCUT2D eigenvalue weighted by molar-refractivity contribution is 0.230. The zero-order valence-electron chi connectivity index (χ0n) is 10.8. The SMILES string of the molecule is Fc1ccc(Br)cc1CC(CBr)(CBr)C1CCCC1. The summed E-state index contributed by atoms with van der Waals surface area (Å²) in [6.07, 6.45) is 5.96. The van der Waals surface area contributed by atoms with Gasteiger partial charge in [0.2, 0.25) is 0 Å². The predicted molar refractivity (Wildman–Crippen MR) is 89.8 cm³/mol. The summed E-state index contributed by atoms with van der Waals surface area (Å²) in [5, 5.41) is 1.84. The van der Waals surface area contributed by atoms with E-state index in [1.54, 1.807) is 12.1 Å². The van der Waals surface area contributed by atoms with Crippen molar-refractivity contribution in [2.75, 3.05) is 10.7 Å². The average molecular weight is 457 g/mol. The molecule has 0 atom stereocenters. The minimum atomic E-state index is -0.0903. The minimum absolute atomic E-state index is 0.0903. The van der Waals surface area contributed by atoms with Crippen LogP contribution in [-0.2, 0) is 6.42 Å². The molecule has 0 heterocycles. The van der Waals surface area contributed by atoms with Gasteiger partial charge in [-0.1, -0.05) is 60.6 Å². The second-order valence-corrected chi connectivity index (χ2v) is 7.56. The molecule has 19 heavy (non-hydrogen) atoms. The average Bonchev–Trinajstić information content (AvgIpc) is 2.94. The van der Waals surface area contributed by atoms with Crippen LogP contribution in [0.1, 0.15) is 31.2 Å². The van der Waals surface area contributed by atoms with E-state index in [-0.39, 0.29) is 11.2 Å². The molecule has 1 aliphatic carbocycles. The first-order valence-corrected chi connectivity index (χ1v) is 9.71. The number of rotatable bonds is 5. The van der Waals surface area contributed by atoms with Gasteiger partial charge in [-0.05, 0) is 54.4 Å². The summed E-state index contributed by atoms with van der Waals surface area (Å²) >= 11 is 10.8. The Morgan fingerprint density at radius 2 is 1.79 bits per heavy atom. The summed E-state index contributed by atoms with van der Waals surface area (Å²) in [7, 11) is 0. The van der Waals surface area contributed by atoms with Crippen molar-refractivity contribution in [3.8, 4) is 0 Å². The van der Waals surface area contributed by atoms with E-state index >= 15 is 0 Å². The van der Waals surface area contributed by atoms with Crippen LogP contribution in [0, 0.1) is 17.2 Å². The molecule has 0 nitrogen and oxygen atoms in total. The third-order valence-corrected chi connectivity index (χ3v) is 7.03. The van der Waals surface area contributed by atoms with Crippen molar-refractivity contribution >= 4 is 47.8 Å². The van der Waals surface area contributed by atoms with E-state index in [1.807, 2.05) is 6.07 Å². The second-order valence-electron chi connectivity index (χ2n) is 5.52. The first-order valence-electron chi connectivity index (χ1n) is 6.67. The second kappa shape index (κ2) is 7.04. The Bertz CT molecular complexity index is 423. The Kier molecular flexibility index (Phi) is 5.91. The maximum Gasteiger partial charge on any atom is 0.126 e. The van der Waals surface area contributed by atoms with Crippen molar-refractivity contribution in [1.29, 1.82) is 0 Å². The van der Waals surface area contributed by atoms with E-state index in [1.165, 1.54) is 25.7 Å². The lowest BCUT2D eigenvalue weighted by atomic mass is 9.73. The standard InChI is InChI=1S/C15H18Br3F/c16-9-15(10-17,12-3-1-2-4-12)8-11-7-13(18)5-6-14(11)19/h5-7,12H,1-4,8-10H2. The van der Waals surface area contributed by atoms with Crippen molar-refractivity contribution in [2.24, 2.45) is 11.3 Å². The summed E-state index contributed by atoms with van der Waals surface area (Å²) in [5.41, 5.74) is 0.943. The summed E-state index contributed by atoms with van der Waals surface area (Å²) in [4.78, 5) is 0.